The van der Waals surface area contributed by atoms with Crippen LogP contribution >= 0.6 is 11.6 Å². The molecule has 0 fully saturated rings. The minimum atomic E-state index is -4.26. The summed E-state index contributed by atoms with van der Waals surface area (Å²) in [5.41, 5.74) is 2.22. The molecule has 0 spiro atoms. The topological polar surface area (TPSA) is 172 Å². The van der Waals surface area contributed by atoms with Gasteiger partial charge in [-0.15, -0.1) is 0 Å². The molecule has 0 aromatic heterocycles. The zero-order valence-electron chi connectivity index (χ0n) is 20.3. The zero-order valence-corrected chi connectivity index (χ0v) is 22.7. The van der Waals surface area contributed by atoms with E-state index in [-0.39, 0.29) is 35.4 Å². The highest BCUT2D eigenvalue weighted by molar-refractivity contribution is 7.90. The molecule has 0 aliphatic carbocycles. The maximum Gasteiger partial charge on any atom is 0.335 e. The second-order valence-electron chi connectivity index (χ2n) is 8.54. The maximum absolute atomic E-state index is 13.2. The number of hydrogen-bond donors (Lipinski definition) is 3. The van der Waals surface area contributed by atoms with Crippen LogP contribution in [0.4, 0.5) is 0 Å². The van der Waals surface area contributed by atoms with E-state index >= 15 is 0 Å². The largest absolute Gasteiger partial charge is 0.478 e. The van der Waals surface area contributed by atoms with Crippen LogP contribution in [0, 0.1) is 0 Å². The number of nitrogens with one attached hydrogen (secondary N) is 1. The predicted octanol–water partition coefficient (Wildman–Crippen LogP) is 2.46. The lowest BCUT2D eigenvalue weighted by Gasteiger charge is -2.20. The van der Waals surface area contributed by atoms with Gasteiger partial charge in [-0.05, 0) is 47.5 Å². The molecule has 3 aromatic carbocycles. The van der Waals surface area contributed by atoms with Gasteiger partial charge in [-0.3, -0.25) is 0 Å². The van der Waals surface area contributed by atoms with Crippen molar-refractivity contribution in [1.82, 2.24) is 9.73 Å². The van der Waals surface area contributed by atoms with E-state index in [4.69, 9.17) is 21.8 Å². The number of halogens is 1. The van der Waals surface area contributed by atoms with Gasteiger partial charge in [0, 0.05) is 10.9 Å². The standard InChI is InChI=1S/C25H24ClN5O6S2/c26-20-10-6-18(7-11-20)23-22(17-4-2-1-3-5-17)16-31(29-23)25(28-14-15-38(27,34)35)30-39(36,37)21-12-8-19(9-13-21)24(32)33/h1-13,22H,14-16H2,(H,28,30)(H,32,33)(H2,27,34,35). The third-order valence-corrected chi connectivity index (χ3v) is 8.12. The van der Waals surface area contributed by atoms with Gasteiger partial charge in [-0.25, -0.2) is 41.5 Å². The van der Waals surface area contributed by atoms with Crippen LogP contribution in [0.3, 0.4) is 0 Å². The predicted molar refractivity (Wildman–Crippen MR) is 148 cm³/mol. The second kappa shape index (κ2) is 11.5. The van der Waals surface area contributed by atoms with Crippen molar-refractivity contribution in [1.29, 1.82) is 0 Å². The highest BCUT2D eigenvalue weighted by Gasteiger charge is 2.33. The number of nitrogens with zero attached hydrogens (tertiary/aromatic N) is 3. The molecule has 0 bridgehead atoms. The summed E-state index contributed by atoms with van der Waals surface area (Å²) in [5.74, 6) is -2.22. The second-order valence-corrected chi connectivity index (χ2v) is 12.4. The molecule has 204 valence electrons. The van der Waals surface area contributed by atoms with Gasteiger partial charge in [0.15, 0.2) is 0 Å². The van der Waals surface area contributed by atoms with Crippen LogP contribution in [-0.4, -0.2) is 63.4 Å². The van der Waals surface area contributed by atoms with Crippen molar-refractivity contribution in [3.8, 4) is 0 Å². The summed E-state index contributed by atoms with van der Waals surface area (Å²) in [4.78, 5) is 15.1. The normalized spacial score (nSPS) is 16.2. The Morgan fingerprint density at radius 3 is 2.26 bits per heavy atom. The minimum Gasteiger partial charge on any atom is -0.478 e. The fraction of sp³-hybridized carbons (Fsp3) is 0.160. The van der Waals surface area contributed by atoms with E-state index in [2.05, 4.69) is 14.8 Å². The molecule has 0 saturated carbocycles. The summed E-state index contributed by atoms with van der Waals surface area (Å²) in [6.45, 7) is -0.135. The number of nitrogens with two attached hydrogens (primary N) is 1. The van der Waals surface area contributed by atoms with Crippen molar-refractivity contribution in [3.63, 3.8) is 0 Å². The number of guanidine groups is 1. The number of benzene rings is 3. The first-order valence-electron chi connectivity index (χ1n) is 11.5. The highest BCUT2D eigenvalue weighted by Crippen LogP contribution is 2.29. The Labute approximate surface area is 230 Å². The Morgan fingerprint density at radius 1 is 1.03 bits per heavy atom. The summed E-state index contributed by atoms with van der Waals surface area (Å²) >= 11 is 6.06. The highest BCUT2D eigenvalue weighted by atomic mass is 35.5. The number of hydrogen-bond acceptors (Lipinski definition) is 7. The Morgan fingerprint density at radius 2 is 1.67 bits per heavy atom. The molecule has 11 nitrogen and oxygen atoms in total. The molecule has 1 aliphatic rings. The van der Waals surface area contributed by atoms with Crippen molar-refractivity contribution in [2.24, 2.45) is 15.2 Å². The van der Waals surface area contributed by atoms with Crippen molar-refractivity contribution in [3.05, 3.63) is 101 Å². The number of rotatable bonds is 8. The van der Waals surface area contributed by atoms with Gasteiger partial charge < -0.3 is 5.11 Å². The fourth-order valence-corrected chi connectivity index (χ4v) is 5.36. The van der Waals surface area contributed by atoms with Crippen LogP contribution in [-0.2, 0) is 20.0 Å². The number of primary sulfonamides is 1. The van der Waals surface area contributed by atoms with Crippen LogP contribution in [0.25, 0.3) is 0 Å². The van der Waals surface area contributed by atoms with E-state index in [1.165, 1.54) is 5.01 Å². The van der Waals surface area contributed by atoms with Crippen LogP contribution in [0.15, 0.2) is 93.9 Å². The molecule has 39 heavy (non-hydrogen) atoms. The van der Waals surface area contributed by atoms with E-state index in [0.717, 1.165) is 35.4 Å². The number of carboxylic acid groups (broad SMARTS) is 1. The van der Waals surface area contributed by atoms with Gasteiger partial charge >= 0.3 is 5.97 Å². The molecule has 0 saturated heterocycles. The van der Waals surface area contributed by atoms with E-state index in [9.17, 15) is 21.6 Å². The lowest BCUT2D eigenvalue weighted by molar-refractivity contribution is 0.0696. The summed E-state index contributed by atoms with van der Waals surface area (Å²) in [6.07, 6.45) is 0. The van der Waals surface area contributed by atoms with Gasteiger partial charge in [0.1, 0.15) is 0 Å². The summed E-state index contributed by atoms with van der Waals surface area (Å²) in [7, 11) is -8.13. The first-order valence-corrected chi connectivity index (χ1v) is 15.1. The summed E-state index contributed by atoms with van der Waals surface area (Å²) in [5, 5.41) is 20.8. The van der Waals surface area contributed by atoms with Crippen molar-refractivity contribution >= 4 is 49.3 Å². The summed E-state index contributed by atoms with van der Waals surface area (Å²) in [6, 6.07) is 21.1. The van der Waals surface area contributed by atoms with Gasteiger partial charge in [-0.1, -0.05) is 54.1 Å². The maximum atomic E-state index is 13.2. The van der Waals surface area contributed by atoms with Crippen LogP contribution in [0.5, 0.6) is 0 Å². The Hall–Kier alpha value is -3.78. The molecule has 14 heteroatoms. The third kappa shape index (κ3) is 7.20. The molecule has 4 N–H and O–H groups in total. The van der Waals surface area contributed by atoms with Gasteiger partial charge in [0.2, 0.25) is 16.0 Å². The lowest BCUT2D eigenvalue weighted by Crippen LogP contribution is -2.41. The lowest BCUT2D eigenvalue weighted by atomic mass is 9.91. The van der Waals surface area contributed by atoms with Crippen molar-refractivity contribution < 1.29 is 26.7 Å². The first kappa shape index (κ1) is 28.2. The Bertz CT molecular complexity index is 1630. The Balaban J connectivity index is 1.73. The molecular formula is C25H24ClN5O6S2. The van der Waals surface area contributed by atoms with E-state index in [1.54, 1.807) is 24.3 Å². The molecule has 1 atom stereocenters. The number of hydrazone groups is 1. The molecule has 1 unspecified atom stereocenters. The SMILES string of the molecule is NS(=O)(=O)CCN=C(NS(=O)(=O)c1ccc(C(=O)O)cc1)N1CC(c2ccccc2)C(c2ccc(Cl)cc2)=N1. The molecule has 0 amide bonds. The van der Waals surface area contributed by atoms with Gasteiger partial charge in [0.25, 0.3) is 10.0 Å². The smallest absolute Gasteiger partial charge is 0.335 e. The van der Waals surface area contributed by atoms with Gasteiger partial charge in [0.05, 0.1) is 35.0 Å². The first-order chi connectivity index (χ1) is 18.4. The number of aliphatic imine (C=N–C) groups is 1. The molecule has 1 heterocycles. The molecule has 3 aromatic rings. The number of aromatic carboxylic acids is 1. The molecular weight excluding hydrogens is 566 g/mol. The minimum absolute atomic E-state index is 0.0848. The molecule has 4 rings (SSSR count). The van der Waals surface area contributed by atoms with Crippen LogP contribution in [0.1, 0.15) is 27.4 Å². The average Bonchev–Trinajstić information content (AvgIpc) is 3.34. The van der Waals surface area contributed by atoms with E-state index in [0.29, 0.717) is 10.7 Å². The van der Waals surface area contributed by atoms with Crippen molar-refractivity contribution in [2.75, 3.05) is 18.8 Å². The quantitative estimate of drug-likeness (QED) is 0.267. The number of sulfonamides is 2. The van der Waals surface area contributed by atoms with Gasteiger partial charge in [-0.2, -0.15) is 5.10 Å². The van der Waals surface area contributed by atoms with Crippen LogP contribution in [0.2, 0.25) is 5.02 Å². The van der Waals surface area contributed by atoms with Crippen LogP contribution < -0.4 is 9.86 Å². The molecule has 1 aliphatic heterocycles. The molecule has 0 radical (unpaired) electrons. The number of carboxylic acids is 1. The van der Waals surface area contributed by atoms with E-state index < -0.39 is 31.8 Å². The third-order valence-electron chi connectivity index (χ3n) is 5.78. The van der Waals surface area contributed by atoms with E-state index in [1.807, 2.05) is 30.3 Å². The Kier molecular flexibility index (Phi) is 8.35. The zero-order chi connectivity index (χ0) is 28.2. The number of carbonyl (C=O) groups is 1. The summed E-state index contributed by atoms with van der Waals surface area (Å²) < 4.78 is 51.8. The van der Waals surface area contributed by atoms with Crippen molar-refractivity contribution in [2.45, 2.75) is 10.8 Å². The fourth-order valence-electron chi connectivity index (χ4n) is 3.86. The monoisotopic (exact) mass is 589 g/mol. The average molecular weight is 590 g/mol.